The van der Waals surface area contributed by atoms with E-state index in [1.54, 1.807) is 12.1 Å². The summed E-state index contributed by atoms with van der Waals surface area (Å²) >= 11 is 0. The molecule has 1 amide bonds. The van der Waals surface area contributed by atoms with E-state index in [4.69, 9.17) is 14.2 Å². The number of nitrogens with one attached hydrogen (secondary N) is 1. The van der Waals surface area contributed by atoms with Gasteiger partial charge in [-0.3, -0.25) is 4.79 Å². The number of carbonyl (C=O) groups excluding carboxylic acids is 1. The van der Waals surface area contributed by atoms with E-state index in [2.05, 4.69) is 17.5 Å². The van der Waals surface area contributed by atoms with Crippen LogP contribution < -0.4 is 19.6 Å². The van der Waals surface area contributed by atoms with Gasteiger partial charge < -0.3 is 14.2 Å². The van der Waals surface area contributed by atoms with Crippen LogP contribution in [0.5, 0.6) is 17.2 Å². The Hall–Kier alpha value is -3.02. The third-order valence-electron chi connectivity index (χ3n) is 4.06. The van der Waals surface area contributed by atoms with E-state index in [1.807, 2.05) is 51.1 Å². The fourth-order valence-corrected chi connectivity index (χ4v) is 2.83. The van der Waals surface area contributed by atoms with Gasteiger partial charge in [-0.2, -0.15) is 5.10 Å². The minimum absolute atomic E-state index is 0.334. The Kier molecular flexibility index (Phi) is 9.02. The second-order valence-electron chi connectivity index (χ2n) is 6.22. The summed E-state index contributed by atoms with van der Waals surface area (Å²) in [5, 5.41) is 4.37. The van der Waals surface area contributed by atoms with Crippen molar-refractivity contribution in [1.82, 2.24) is 5.43 Å². The Balaban J connectivity index is 2.33. The van der Waals surface area contributed by atoms with E-state index < -0.39 is 0 Å². The summed E-state index contributed by atoms with van der Waals surface area (Å²) in [5.41, 5.74) is 4.89. The second kappa shape index (κ2) is 11.7. The zero-order valence-electron chi connectivity index (χ0n) is 17.7. The Bertz CT molecular complexity index is 792. The molecule has 0 aliphatic carbocycles. The van der Waals surface area contributed by atoms with E-state index >= 15 is 0 Å². The number of hydrogen-bond donors (Lipinski definition) is 1. The maximum absolute atomic E-state index is 12.8. The van der Waals surface area contributed by atoms with Crippen LogP contribution in [0.3, 0.4) is 0 Å². The number of ether oxygens (including phenoxy) is 3. The van der Waals surface area contributed by atoms with Crippen LogP contribution in [0.15, 0.2) is 47.6 Å². The molecule has 0 aliphatic rings. The summed E-state index contributed by atoms with van der Waals surface area (Å²) in [4.78, 5) is 12.8. The Labute approximate surface area is 172 Å². The fraction of sp³-hybridized carbons (Fsp3) is 0.391. The summed E-state index contributed by atoms with van der Waals surface area (Å²) in [6.45, 7) is 9.09. The first-order valence-electron chi connectivity index (χ1n) is 10.1. The molecule has 0 bridgehead atoms. The van der Waals surface area contributed by atoms with Crippen LogP contribution in [0, 0.1) is 0 Å². The van der Waals surface area contributed by atoms with Crippen molar-refractivity contribution >= 4 is 11.6 Å². The van der Waals surface area contributed by atoms with E-state index in [0.717, 1.165) is 24.1 Å². The highest BCUT2D eigenvalue weighted by Crippen LogP contribution is 2.39. The summed E-state index contributed by atoms with van der Waals surface area (Å²) in [6.07, 6.45) is 1.69. The highest BCUT2D eigenvalue weighted by atomic mass is 16.5. The first-order valence-corrected chi connectivity index (χ1v) is 10.1. The van der Waals surface area contributed by atoms with Gasteiger partial charge in [-0.15, -0.1) is 0 Å². The SMILES string of the molecule is CCC/C(=N/NC(=O)c1cc(OCC)c(OCC)c(OCC)c1)c1ccccc1. The lowest BCUT2D eigenvalue weighted by atomic mass is 10.1. The lowest BCUT2D eigenvalue weighted by Gasteiger charge is -2.16. The van der Waals surface area contributed by atoms with Gasteiger partial charge in [0.05, 0.1) is 25.5 Å². The van der Waals surface area contributed by atoms with Gasteiger partial charge in [-0.05, 0) is 44.9 Å². The standard InChI is InChI=1S/C23H30N2O4/c1-5-12-19(17-13-10-9-11-14-17)24-25-23(26)18-15-20(27-6-2)22(29-8-4)21(16-18)28-7-3/h9-11,13-16H,5-8,12H2,1-4H3,(H,25,26)/b24-19-. The highest BCUT2D eigenvalue weighted by Gasteiger charge is 2.18. The van der Waals surface area contributed by atoms with Gasteiger partial charge in [-0.25, -0.2) is 5.43 Å². The number of benzene rings is 2. The molecule has 6 heteroatoms. The van der Waals surface area contributed by atoms with Crippen molar-refractivity contribution in [2.75, 3.05) is 19.8 Å². The highest BCUT2D eigenvalue weighted by molar-refractivity contribution is 6.02. The molecule has 0 saturated heterocycles. The molecule has 0 atom stereocenters. The fourth-order valence-electron chi connectivity index (χ4n) is 2.83. The smallest absolute Gasteiger partial charge is 0.271 e. The molecule has 0 aromatic heterocycles. The van der Waals surface area contributed by atoms with Crippen LogP contribution in [-0.2, 0) is 0 Å². The zero-order valence-corrected chi connectivity index (χ0v) is 17.7. The van der Waals surface area contributed by atoms with Crippen LogP contribution in [0.1, 0.15) is 56.5 Å². The molecule has 2 aromatic carbocycles. The molecule has 156 valence electrons. The topological polar surface area (TPSA) is 69.2 Å². The van der Waals surface area contributed by atoms with Crippen molar-refractivity contribution in [3.8, 4) is 17.2 Å². The first-order chi connectivity index (χ1) is 14.1. The van der Waals surface area contributed by atoms with Gasteiger partial charge in [-0.1, -0.05) is 43.7 Å². The van der Waals surface area contributed by atoms with Crippen LogP contribution in [0.2, 0.25) is 0 Å². The normalized spacial score (nSPS) is 11.1. The molecule has 0 spiro atoms. The van der Waals surface area contributed by atoms with Crippen molar-refractivity contribution in [3.63, 3.8) is 0 Å². The summed E-state index contributed by atoms with van der Waals surface area (Å²) in [7, 11) is 0. The molecule has 1 N–H and O–H groups in total. The average Bonchev–Trinajstić information content (AvgIpc) is 2.74. The molecule has 0 radical (unpaired) electrons. The zero-order chi connectivity index (χ0) is 21.1. The molecule has 2 aromatic rings. The maximum Gasteiger partial charge on any atom is 0.271 e. The monoisotopic (exact) mass is 398 g/mol. The molecule has 0 unspecified atom stereocenters. The van der Waals surface area contributed by atoms with Crippen molar-refractivity contribution < 1.29 is 19.0 Å². The summed E-state index contributed by atoms with van der Waals surface area (Å²) in [5.74, 6) is 1.13. The number of nitrogens with zero attached hydrogens (tertiary/aromatic N) is 1. The summed E-state index contributed by atoms with van der Waals surface area (Å²) in [6, 6.07) is 13.1. The molecular formula is C23H30N2O4. The number of hydrazone groups is 1. The summed E-state index contributed by atoms with van der Waals surface area (Å²) < 4.78 is 17.0. The van der Waals surface area contributed by atoms with E-state index in [9.17, 15) is 4.79 Å². The molecule has 0 saturated carbocycles. The van der Waals surface area contributed by atoms with Gasteiger partial charge >= 0.3 is 0 Å². The maximum atomic E-state index is 12.8. The largest absolute Gasteiger partial charge is 0.490 e. The van der Waals surface area contributed by atoms with E-state index in [0.29, 0.717) is 42.6 Å². The quantitative estimate of drug-likeness (QED) is 0.435. The van der Waals surface area contributed by atoms with Crippen molar-refractivity contribution in [2.45, 2.75) is 40.5 Å². The van der Waals surface area contributed by atoms with Crippen molar-refractivity contribution in [3.05, 3.63) is 53.6 Å². The van der Waals surface area contributed by atoms with Crippen molar-refractivity contribution in [1.29, 1.82) is 0 Å². The van der Waals surface area contributed by atoms with Gasteiger partial charge in [0.2, 0.25) is 5.75 Å². The molecular weight excluding hydrogens is 368 g/mol. The lowest BCUT2D eigenvalue weighted by Crippen LogP contribution is -2.20. The molecule has 0 aliphatic heterocycles. The average molecular weight is 399 g/mol. The van der Waals surface area contributed by atoms with Crippen LogP contribution >= 0.6 is 0 Å². The molecule has 0 heterocycles. The van der Waals surface area contributed by atoms with Gasteiger partial charge in [0, 0.05) is 5.56 Å². The molecule has 29 heavy (non-hydrogen) atoms. The Morgan fingerprint density at radius 1 is 0.862 bits per heavy atom. The Morgan fingerprint density at radius 3 is 1.97 bits per heavy atom. The minimum Gasteiger partial charge on any atom is -0.490 e. The molecule has 0 fully saturated rings. The van der Waals surface area contributed by atoms with Crippen LogP contribution in [0.4, 0.5) is 0 Å². The minimum atomic E-state index is -0.334. The number of hydrogen-bond acceptors (Lipinski definition) is 5. The third kappa shape index (κ3) is 6.24. The predicted octanol–water partition coefficient (Wildman–Crippen LogP) is 4.82. The Morgan fingerprint density at radius 2 is 1.45 bits per heavy atom. The van der Waals surface area contributed by atoms with Gasteiger partial charge in [0.1, 0.15) is 0 Å². The van der Waals surface area contributed by atoms with Crippen LogP contribution in [0.25, 0.3) is 0 Å². The second-order valence-corrected chi connectivity index (χ2v) is 6.22. The lowest BCUT2D eigenvalue weighted by molar-refractivity contribution is 0.0953. The van der Waals surface area contributed by atoms with Gasteiger partial charge in [0.15, 0.2) is 11.5 Å². The van der Waals surface area contributed by atoms with E-state index in [1.165, 1.54) is 0 Å². The predicted molar refractivity (Wildman–Crippen MR) is 115 cm³/mol. The molecule has 6 nitrogen and oxygen atoms in total. The van der Waals surface area contributed by atoms with Gasteiger partial charge in [0.25, 0.3) is 5.91 Å². The van der Waals surface area contributed by atoms with Crippen molar-refractivity contribution in [2.24, 2.45) is 5.10 Å². The van der Waals surface area contributed by atoms with E-state index in [-0.39, 0.29) is 5.91 Å². The first kappa shape index (κ1) is 22.3. The third-order valence-corrected chi connectivity index (χ3v) is 4.06. The number of carbonyl (C=O) groups is 1. The van der Waals surface area contributed by atoms with Crippen LogP contribution in [-0.4, -0.2) is 31.4 Å². The molecule has 2 rings (SSSR count). The number of amides is 1. The number of rotatable bonds is 11.